The van der Waals surface area contributed by atoms with Gasteiger partial charge in [-0.2, -0.15) is 4.98 Å². The van der Waals surface area contributed by atoms with Crippen LogP contribution in [0.25, 0.3) is 0 Å². The third-order valence-corrected chi connectivity index (χ3v) is 2.43. The Morgan fingerprint density at radius 1 is 1.16 bits per heavy atom. The minimum absolute atomic E-state index is 0.511. The number of methoxy groups -OCH3 is 1. The molecular formula is C14H17N3O2. The highest BCUT2D eigenvalue weighted by molar-refractivity contribution is 5.37. The Morgan fingerprint density at radius 2 is 1.95 bits per heavy atom. The summed E-state index contributed by atoms with van der Waals surface area (Å²) < 4.78 is 10.9. The van der Waals surface area contributed by atoms with Gasteiger partial charge in [-0.1, -0.05) is 6.07 Å². The van der Waals surface area contributed by atoms with E-state index in [1.807, 2.05) is 38.1 Å². The molecule has 0 amide bonds. The van der Waals surface area contributed by atoms with Crippen molar-refractivity contribution in [2.24, 2.45) is 0 Å². The van der Waals surface area contributed by atoms with Gasteiger partial charge in [0.15, 0.2) is 0 Å². The smallest absolute Gasteiger partial charge is 0.226 e. The summed E-state index contributed by atoms with van der Waals surface area (Å²) in [6.07, 6.45) is 0. The van der Waals surface area contributed by atoms with Crippen molar-refractivity contribution in [3.05, 3.63) is 36.0 Å². The number of hydrogen-bond acceptors (Lipinski definition) is 5. The first kappa shape index (κ1) is 13.1. The van der Waals surface area contributed by atoms with E-state index in [1.54, 1.807) is 13.2 Å². The summed E-state index contributed by atoms with van der Waals surface area (Å²) in [5, 5.41) is 3.07. The summed E-state index contributed by atoms with van der Waals surface area (Å²) in [4.78, 5) is 8.56. The molecule has 0 saturated heterocycles. The summed E-state index contributed by atoms with van der Waals surface area (Å²) in [5.74, 6) is 2.51. The zero-order chi connectivity index (χ0) is 13.7. The number of benzene rings is 1. The van der Waals surface area contributed by atoms with Gasteiger partial charge in [0.05, 0.1) is 7.11 Å². The molecule has 1 aromatic heterocycles. The number of aryl methyl sites for hydroxylation is 1. The Hall–Kier alpha value is -2.30. The lowest BCUT2D eigenvalue weighted by molar-refractivity contribution is 0.407. The van der Waals surface area contributed by atoms with Crippen molar-refractivity contribution in [3.8, 4) is 17.4 Å². The fourth-order valence-electron chi connectivity index (χ4n) is 1.61. The second-order valence-electron chi connectivity index (χ2n) is 3.98. The van der Waals surface area contributed by atoms with Crippen LogP contribution in [0, 0.1) is 6.92 Å². The first-order valence-corrected chi connectivity index (χ1v) is 6.12. The molecule has 0 radical (unpaired) electrons. The number of ether oxygens (including phenoxy) is 2. The van der Waals surface area contributed by atoms with Crippen LogP contribution in [0.3, 0.4) is 0 Å². The van der Waals surface area contributed by atoms with Crippen LogP contribution in [0.2, 0.25) is 0 Å². The highest BCUT2D eigenvalue weighted by Crippen LogP contribution is 2.24. The standard InChI is InChI=1S/C14H17N3O2/c1-4-15-14-16-10(2)8-13(17-14)19-12-7-5-6-11(9-12)18-3/h5-9H,4H2,1-3H3,(H,15,16,17). The molecule has 0 aliphatic heterocycles. The van der Waals surface area contributed by atoms with Gasteiger partial charge in [0.25, 0.3) is 0 Å². The predicted octanol–water partition coefficient (Wildman–Crippen LogP) is 3.02. The zero-order valence-electron chi connectivity index (χ0n) is 11.3. The van der Waals surface area contributed by atoms with Crippen LogP contribution < -0.4 is 14.8 Å². The van der Waals surface area contributed by atoms with Crippen LogP contribution in [0.1, 0.15) is 12.6 Å². The molecule has 19 heavy (non-hydrogen) atoms. The van der Waals surface area contributed by atoms with Gasteiger partial charge in [-0.3, -0.25) is 0 Å². The number of nitrogens with zero attached hydrogens (tertiary/aromatic N) is 2. The normalized spacial score (nSPS) is 10.1. The highest BCUT2D eigenvalue weighted by Gasteiger charge is 2.04. The van der Waals surface area contributed by atoms with Crippen molar-refractivity contribution >= 4 is 5.95 Å². The van der Waals surface area contributed by atoms with Gasteiger partial charge in [0, 0.05) is 24.4 Å². The number of rotatable bonds is 5. The van der Waals surface area contributed by atoms with E-state index in [0.29, 0.717) is 17.6 Å². The van der Waals surface area contributed by atoms with E-state index in [4.69, 9.17) is 9.47 Å². The van der Waals surface area contributed by atoms with Crippen molar-refractivity contribution < 1.29 is 9.47 Å². The average molecular weight is 259 g/mol. The molecule has 2 aromatic rings. The summed E-state index contributed by atoms with van der Waals surface area (Å²) >= 11 is 0. The maximum Gasteiger partial charge on any atom is 0.226 e. The van der Waals surface area contributed by atoms with Crippen LogP contribution in [-0.2, 0) is 0 Å². The lowest BCUT2D eigenvalue weighted by atomic mass is 10.3. The van der Waals surface area contributed by atoms with Crippen LogP contribution in [0.4, 0.5) is 5.95 Å². The Balaban J connectivity index is 2.22. The van der Waals surface area contributed by atoms with Gasteiger partial charge in [-0.25, -0.2) is 4.98 Å². The lowest BCUT2D eigenvalue weighted by Crippen LogP contribution is -2.03. The molecule has 1 aromatic carbocycles. The Kier molecular flexibility index (Phi) is 4.18. The topological polar surface area (TPSA) is 56.3 Å². The minimum Gasteiger partial charge on any atom is -0.497 e. The van der Waals surface area contributed by atoms with E-state index in [0.717, 1.165) is 18.0 Å². The van der Waals surface area contributed by atoms with Gasteiger partial charge < -0.3 is 14.8 Å². The van der Waals surface area contributed by atoms with Gasteiger partial charge in [0.2, 0.25) is 11.8 Å². The molecule has 0 fully saturated rings. The molecule has 5 heteroatoms. The van der Waals surface area contributed by atoms with Crippen molar-refractivity contribution in [3.63, 3.8) is 0 Å². The fraction of sp³-hybridized carbons (Fsp3) is 0.286. The molecule has 0 atom stereocenters. The van der Waals surface area contributed by atoms with Gasteiger partial charge in [-0.05, 0) is 26.0 Å². The van der Waals surface area contributed by atoms with Crippen LogP contribution in [0.15, 0.2) is 30.3 Å². The number of nitrogens with one attached hydrogen (secondary N) is 1. The van der Waals surface area contributed by atoms with E-state index < -0.39 is 0 Å². The number of anilines is 1. The third kappa shape index (κ3) is 3.58. The second kappa shape index (κ2) is 6.04. The van der Waals surface area contributed by atoms with E-state index in [-0.39, 0.29) is 0 Å². The molecule has 0 aliphatic rings. The van der Waals surface area contributed by atoms with Crippen LogP contribution in [0.5, 0.6) is 17.4 Å². The molecular weight excluding hydrogens is 242 g/mol. The lowest BCUT2D eigenvalue weighted by Gasteiger charge is -2.09. The predicted molar refractivity (Wildman–Crippen MR) is 74.0 cm³/mol. The molecule has 5 nitrogen and oxygen atoms in total. The van der Waals surface area contributed by atoms with E-state index in [2.05, 4.69) is 15.3 Å². The highest BCUT2D eigenvalue weighted by atomic mass is 16.5. The summed E-state index contributed by atoms with van der Waals surface area (Å²) in [6, 6.07) is 9.19. The van der Waals surface area contributed by atoms with Gasteiger partial charge in [-0.15, -0.1) is 0 Å². The molecule has 0 saturated carbocycles. The molecule has 0 unspecified atom stereocenters. The Labute approximate surface area is 112 Å². The molecule has 0 spiro atoms. The number of aromatic nitrogens is 2. The van der Waals surface area contributed by atoms with Gasteiger partial charge in [0.1, 0.15) is 11.5 Å². The second-order valence-corrected chi connectivity index (χ2v) is 3.98. The largest absolute Gasteiger partial charge is 0.497 e. The van der Waals surface area contributed by atoms with Crippen LogP contribution in [-0.4, -0.2) is 23.6 Å². The third-order valence-electron chi connectivity index (χ3n) is 2.43. The molecule has 2 rings (SSSR count). The summed E-state index contributed by atoms with van der Waals surface area (Å²) in [5.41, 5.74) is 0.851. The SMILES string of the molecule is CCNc1nc(C)cc(Oc2cccc(OC)c2)n1. The van der Waals surface area contributed by atoms with E-state index in [1.165, 1.54) is 0 Å². The maximum atomic E-state index is 5.72. The Bertz CT molecular complexity index is 558. The average Bonchev–Trinajstić information content (AvgIpc) is 2.38. The van der Waals surface area contributed by atoms with Gasteiger partial charge >= 0.3 is 0 Å². The summed E-state index contributed by atoms with van der Waals surface area (Å²) in [6.45, 7) is 4.66. The van der Waals surface area contributed by atoms with E-state index >= 15 is 0 Å². The monoisotopic (exact) mass is 259 g/mol. The van der Waals surface area contributed by atoms with Crippen molar-refractivity contribution in [2.45, 2.75) is 13.8 Å². The molecule has 100 valence electrons. The van der Waals surface area contributed by atoms with Crippen LogP contribution >= 0.6 is 0 Å². The zero-order valence-corrected chi connectivity index (χ0v) is 11.3. The van der Waals surface area contributed by atoms with Crippen molar-refractivity contribution in [2.75, 3.05) is 19.0 Å². The van der Waals surface area contributed by atoms with Crippen molar-refractivity contribution in [1.82, 2.24) is 9.97 Å². The molecule has 0 aliphatic carbocycles. The minimum atomic E-state index is 0.511. The molecule has 1 heterocycles. The first-order valence-electron chi connectivity index (χ1n) is 6.12. The summed E-state index contributed by atoms with van der Waals surface area (Å²) in [7, 11) is 1.62. The quantitative estimate of drug-likeness (QED) is 0.894. The molecule has 0 bridgehead atoms. The van der Waals surface area contributed by atoms with E-state index in [9.17, 15) is 0 Å². The number of hydrogen-bond donors (Lipinski definition) is 1. The maximum absolute atomic E-state index is 5.72. The Morgan fingerprint density at radius 3 is 2.68 bits per heavy atom. The molecule has 1 N–H and O–H groups in total. The van der Waals surface area contributed by atoms with Crippen molar-refractivity contribution in [1.29, 1.82) is 0 Å². The fourth-order valence-corrected chi connectivity index (χ4v) is 1.61. The first-order chi connectivity index (χ1) is 9.21.